The first-order chi connectivity index (χ1) is 12.6. The molecule has 0 saturated heterocycles. The summed E-state index contributed by atoms with van der Waals surface area (Å²) in [5.74, 6) is 1.26. The fourth-order valence-corrected chi connectivity index (χ4v) is 2.51. The van der Waals surface area contributed by atoms with E-state index in [0.717, 1.165) is 11.3 Å². The number of nitrogens with one attached hydrogen (secondary N) is 1. The van der Waals surface area contributed by atoms with Gasteiger partial charge in [0.15, 0.2) is 0 Å². The summed E-state index contributed by atoms with van der Waals surface area (Å²) in [6, 6.07) is 22.4. The lowest BCUT2D eigenvalue weighted by Crippen LogP contribution is -2.07. The molecular weight excluding hydrogens is 346 g/mol. The first-order valence-corrected chi connectivity index (χ1v) is 8.56. The largest absolute Gasteiger partial charge is 0.457 e. The van der Waals surface area contributed by atoms with Crippen molar-refractivity contribution in [1.82, 2.24) is 0 Å². The first kappa shape index (κ1) is 17.8. The van der Waals surface area contributed by atoms with Crippen LogP contribution in [-0.4, -0.2) is 5.91 Å². The Hall–Kier alpha value is -3.04. The Balaban J connectivity index is 1.59. The van der Waals surface area contributed by atoms with E-state index in [0.29, 0.717) is 16.5 Å². The molecule has 3 rings (SSSR count). The molecule has 0 spiro atoms. The normalized spacial score (nSPS) is 10.7. The van der Waals surface area contributed by atoms with Gasteiger partial charge in [0.1, 0.15) is 11.5 Å². The Morgan fingerprint density at radius 3 is 2.19 bits per heavy atom. The molecule has 0 unspecified atom stereocenters. The molecule has 0 bridgehead atoms. The highest BCUT2D eigenvalue weighted by Gasteiger charge is 2.01. The Labute approximate surface area is 157 Å². The van der Waals surface area contributed by atoms with Crippen LogP contribution in [0.3, 0.4) is 0 Å². The van der Waals surface area contributed by atoms with Crippen molar-refractivity contribution in [2.45, 2.75) is 6.92 Å². The highest BCUT2D eigenvalue weighted by Crippen LogP contribution is 2.23. The summed E-state index contributed by atoms with van der Waals surface area (Å²) in [5, 5.41) is 3.41. The molecule has 26 heavy (non-hydrogen) atoms. The molecule has 3 aromatic rings. The maximum atomic E-state index is 12.0. The summed E-state index contributed by atoms with van der Waals surface area (Å²) in [6.07, 6.45) is 3.14. The van der Waals surface area contributed by atoms with Gasteiger partial charge in [0, 0.05) is 16.8 Å². The second kappa shape index (κ2) is 8.37. The topological polar surface area (TPSA) is 38.3 Å². The van der Waals surface area contributed by atoms with Crippen LogP contribution in [0.4, 0.5) is 5.69 Å². The second-order valence-electron chi connectivity index (χ2n) is 5.78. The van der Waals surface area contributed by atoms with Crippen molar-refractivity contribution in [2.24, 2.45) is 0 Å². The number of hydrogen-bond acceptors (Lipinski definition) is 2. The van der Waals surface area contributed by atoms with Crippen LogP contribution in [0.15, 0.2) is 78.9 Å². The predicted molar refractivity (Wildman–Crippen MR) is 107 cm³/mol. The van der Waals surface area contributed by atoms with Crippen LogP contribution in [0.5, 0.6) is 11.5 Å². The fraction of sp³-hybridized carbons (Fsp3) is 0.0455. The van der Waals surface area contributed by atoms with Crippen molar-refractivity contribution >= 4 is 29.3 Å². The number of rotatable bonds is 5. The maximum Gasteiger partial charge on any atom is 0.248 e. The van der Waals surface area contributed by atoms with Gasteiger partial charge < -0.3 is 10.1 Å². The molecule has 1 amide bonds. The highest BCUT2D eigenvalue weighted by atomic mass is 35.5. The van der Waals surface area contributed by atoms with Gasteiger partial charge in [-0.25, -0.2) is 0 Å². The molecule has 3 aromatic carbocycles. The zero-order chi connectivity index (χ0) is 18.4. The van der Waals surface area contributed by atoms with E-state index in [1.807, 2.05) is 61.5 Å². The zero-order valence-electron chi connectivity index (χ0n) is 14.3. The van der Waals surface area contributed by atoms with Crippen molar-refractivity contribution in [2.75, 3.05) is 5.32 Å². The van der Waals surface area contributed by atoms with Crippen LogP contribution in [0, 0.1) is 6.92 Å². The maximum absolute atomic E-state index is 12.0. The molecule has 0 radical (unpaired) electrons. The highest BCUT2D eigenvalue weighted by molar-refractivity contribution is 6.32. The number of anilines is 1. The van der Waals surface area contributed by atoms with E-state index in [-0.39, 0.29) is 5.91 Å². The fourth-order valence-electron chi connectivity index (χ4n) is 2.31. The third-order valence-electron chi connectivity index (χ3n) is 3.70. The van der Waals surface area contributed by atoms with Crippen LogP contribution in [-0.2, 0) is 4.79 Å². The molecule has 130 valence electrons. The third-order valence-corrected chi connectivity index (χ3v) is 4.04. The number of ether oxygens (including phenoxy) is 1. The van der Waals surface area contributed by atoms with E-state index in [9.17, 15) is 4.79 Å². The molecule has 0 aliphatic heterocycles. The number of halogens is 1. The van der Waals surface area contributed by atoms with Crippen LogP contribution in [0.2, 0.25) is 5.02 Å². The average molecular weight is 364 g/mol. The average Bonchev–Trinajstić information content (AvgIpc) is 2.64. The summed E-state index contributed by atoms with van der Waals surface area (Å²) in [6.45, 7) is 2.03. The summed E-state index contributed by atoms with van der Waals surface area (Å²) in [5.41, 5.74) is 2.67. The van der Waals surface area contributed by atoms with Crippen molar-refractivity contribution in [3.8, 4) is 11.5 Å². The number of amides is 1. The van der Waals surface area contributed by atoms with E-state index in [2.05, 4.69) is 5.32 Å². The van der Waals surface area contributed by atoms with Crippen molar-refractivity contribution in [3.05, 3.63) is 95.0 Å². The van der Waals surface area contributed by atoms with E-state index < -0.39 is 0 Å². The molecular formula is C22H18ClNO2. The Kier molecular flexibility index (Phi) is 5.72. The second-order valence-corrected chi connectivity index (χ2v) is 6.19. The molecule has 1 N–H and O–H groups in total. The first-order valence-electron chi connectivity index (χ1n) is 8.18. The molecule has 3 nitrogen and oxygen atoms in total. The third kappa shape index (κ3) is 4.98. The Bertz CT molecular complexity index is 916. The van der Waals surface area contributed by atoms with E-state index in [1.165, 1.54) is 11.6 Å². The van der Waals surface area contributed by atoms with Gasteiger partial charge in [0.25, 0.3) is 0 Å². The SMILES string of the molecule is Cc1ccc(Oc2ccc(NC(=O)/C=C/c3ccccc3Cl)cc2)cc1. The molecule has 0 aliphatic carbocycles. The quantitative estimate of drug-likeness (QED) is 0.557. The smallest absolute Gasteiger partial charge is 0.248 e. The van der Waals surface area contributed by atoms with Gasteiger partial charge in [-0.2, -0.15) is 0 Å². The molecule has 0 saturated carbocycles. The lowest BCUT2D eigenvalue weighted by molar-refractivity contribution is -0.111. The lowest BCUT2D eigenvalue weighted by Gasteiger charge is -2.07. The van der Waals surface area contributed by atoms with Gasteiger partial charge in [-0.1, -0.05) is 47.5 Å². The molecule has 0 aromatic heterocycles. The Morgan fingerprint density at radius 1 is 0.923 bits per heavy atom. The summed E-state index contributed by atoms with van der Waals surface area (Å²) < 4.78 is 5.77. The van der Waals surface area contributed by atoms with Crippen molar-refractivity contribution < 1.29 is 9.53 Å². The number of benzene rings is 3. The molecule has 0 atom stereocenters. The van der Waals surface area contributed by atoms with E-state index in [1.54, 1.807) is 24.3 Å². The van der Waals surface area contributed by atoms with Gasteiger partial charge in [-0.05, 0) is 61.0 Å². The van der Waals surface area contributed by atoms with Crippen LogP contribution >= 0.6 is 11.6 Å². The van der Waals surface area contributed by atoms with Crippen LogP contribution in [0.25, 0.3) is 6.08 Å². The van der Waals surface area contributed by atoms with E-state index in [4.69, 9.17) is 16.3 Å². The van der Waals surface area contributed by atoms with Gasteiger partial charge in [-0.3, -0.25) is 4.79 Å². The number of aryl methyl sites for hydroxylation is 1. The predicted octanol–water partition coefficient (Wildman–Crippen LogP) is 6.09. The molecule has 0 aliphatic rings. The number of hydrogen-bond donors (Lipinski definition) is 1. The lowest BCUT2D eigenvalue weighted by atomic mass is 10.2. The Morgan fingerprint density at radius 2 is 1.54 bits per heavy atom. The molecule has 0 fully saturated rings. The monoisotopic (exact) mass is 363 g/mol. The van der Waals surface area contributed by atoms with Gasteiger partial charge in [0.05, 0.1) is 0 Å². The van der Waals surface area contributed by atoms with Gasteiger partial charge in [0.2, 0.25) is 5.91 Å². The minimum Gasteiger partial charge on any atom is -0.457 e. The van der Waals surface area contributed by atoms with Crippen molar-refractivity contribution in [1.29, 1.82) is 0 Å². The number of carbonyl (C=O) groups is 1. The van der Waals surface area contributed by atoms with Crippen LogP contribution in [0.1, 0.15) is 11.1 Å². The minimum atomic E-state index is -0.225. The molecule has 0 heterocycles. The van der Waals surface area contributed by atoms with Gasteiger partial charge >= 0.3 is 0 Å². The zero-order valence-corrected chi connectivity index (χ0v) is 15.0. The minimum absolute atomic E-state index is 0.225. The van der Waals surface area contributed by atoms with Crippen molar-refractivity contribution in [3.63, 3.8) is 0 Å². The summed E-state index contributed by atoms with van der Waals surface area (Å²) in [4.78, 5) is 12.0. The van der Waals surface area contributed by atoms with Crippen LogP contribution < -0.4 is 10.1 Å². The molecule has 4 heteroatoms. The standard InChI is InChI=1S/C22H18ClNO2/c1-16-6-11-19(12-7-16)26-20-13-9-18(10-14-20)24-22(25)15-8-17-4-2-3-5-21(17)23/h2-15H,1H3,(H,24,25)/b15-8+. The van der Waals surface area contributed by atoms with E-state index >= 15 is 0 Å². The number of carbonyl (C=O) groups excluding carboxylic acids is 1. The summed E-state index contributed by atoms with van der Waals surface area (Å²) in [7, 11) is 0. The summed E-state index contributed by atoms with van der Waals surface area (Å²) >= 11 is 6.06. The van der Waals surface area contributed by atoms with Gasteiger partial charge in [-0.15, -0.1) is 0 Å².